The zero-order valence-corrected chi connectivity index (χ0v) is 9.79. The van der Waals surface area contributed by atoms with E-state index in [-0.39, 0.29) is 12.1 Å². The van der Waals surface area contributed by atoms with Gasteiger partial charge in [0.25, 0.3) is 0 Å². The fraction of sp³-hybridized carbons (Fsp3) is 0.667. The average molecular weight is 202 g/mol. The lowest BCUT2D eigenvalue weighted by Gasteiger charge is -2.20. The Balaban J connectivity index is 3.86. The highest BCUT2D eigenvalue weighted by molar-refractivity contribution is 6.69. The van der Waals surface area contributed by atoms with Gasteiger partial charge in [-0.1, -0.05) is 6.58 Å². The van der Waals surface area contributed by atoms with Gasteiger partial charge in [-0.25, -0.2) is 0 Å². The summed E-state index contributed by atoms with van der Waals surface area (Å²) in [6.45, 7) is 11.6. The third-order valence-corrected chi connectivity index (χ3v) is 2.29. The topological polar surface area (TPSA) is 35.5 Å². The molecule has 0 rings (SSSR count). The lowest BCUT2D eigenvalue weighted by Crippen LogP contribution is -2.31. The number of esters is 1. The molecular weight excluding hydrogens is 184 g/mol. The molecule has 0 aromatic rings. The predicted octanol–water partition coefficient (Wildman–Crippen LogP) is 1.96. The molecule has 0 saturated heterocycles. The summed E-state index contributed by atoms with van der Waals surface area (Å²) in [6, 6.07) is 0. The van der Waals surface area contributed by atoms with Gasteiger partial charge in [0.1, 0.15) is 6.10 Å². The van der Waals surface area contributed by atoms with Crippen molar-refractivity contribution in [2.45, 2.75) is 32.7 Å². The fourth-order valence-electron chi connectivity index (χ4n) is 0.695. The molecule has 0 radical (unpaired) electrons. The van der Waals surface area contributed by atoms with Crippen LogP contribution in [-0.2, 0) is 14.0 Å². The summed E-state index contributed by atoms with van der Waals surface area (Å²) in [7, 11) is -1.53. The largest absolute Gasteiger partial charge is 0.456 e. The summed E-state index contributed by atoms with van der Waals surface area (Å²) >= 11 is 0. The lowest BCUT2D eigenvalue weighted by atomic mass is 10.4. The quantitative estimate of drug-likeness (QED) is 0.388. The van der Waals surface area contributed by atoms with Crippen molar-refractivity contribution in [2.75, 3.05) is 6.61 Å². The molecule has 0 bridgehead atoms. The molecule has 0 aromatic heterocycles. The Morgan fingerprint density at radius 2 is 2.08 bits per heavy atom. The molecule has 0 saturated carbocycles. The maximum Gasteiger partial charge on any atom is 0.303 e. The second-order valence-electron chi connectivity index (χ2n) is 3.81. The van der Waals surface area contributed by atoms with Gasteiger partial charge in [0, 0.05) is 6.92 Å². The van der Waals surface area contributed by atoms with E-state index in [4.69, 9.17) is 9.16 Å². The maximum atomic E-state index is 10.6. The van der Waals surface area contributed by atoms with E-state index < -0.39 is 8.32 Å². The molecule has 76 valence electrons. The first-order valence-electron chi connectivity index (χ1n) is 4.29. The van der Waals surface area contributed by atoms with Crippen molar-refractivity contribution < 1.29 is 14.0 Å². The molecular formula is C9H18O3Si. The maximum absolute atomic E-state index is 10.6. The second-order valence-corrected chi connectivity index (χ2v) is 8.32. The summed E-state index contributed by atoms with van der Waals surface area (Å²) in [5, 5.41) is 0. The van der Waals surface area contributed by atoms with Crippen LogP contribution in [0.5, 0.6) is 0 Å². The molecule has 0 aromatic carbocycles. The fourth-order valence-corrected chi connectivity index (χ4v) is 1.36. The van der Waals surface area contributed by atoms with Crippen LogP contribution in [0.3, 0.4) is 0 Å². The highest BCUT2D eigenvalue weighted by Gasteiger charge is 2.17. The molecule has 0 N–H and O–H groups in total. The van der Waals surface area contributed by atoms with Crippen molar-refractivity contribution in [2.24, 2.45) is 0 Å². The molecule has 0 fully saturated rings. The van der Waals surface area contributed by atoms with Gasteiger partial charge in [-0.3, -0.25) is 4.79 Å². The van der Waals surface area contributed by atoms with Crippen molar-refractivity contribution in [3.05, 3.63) is 12.7 Å². The summed E-state index contributed by atoms with van der Waals surface area (Å²) in [6.07, 6.45) is 1.27. The molecule has 1 atom stereocenters. The van der Waals surface area contributed by atoms with E-state index in [9.17, 15) is 4.79 Å². The van der Waals surface area contributed by atoms with Crippen LogP contribution >= 0.6 is 0 Å². The Morgan fingerprint density at radius 3 is 2.38 bits per heavy atom. The van der Waals surface area contributed by atoms with Crippen molar-refractivity contribution in [3.63, 3.8) is 0 Å². The van der Waals surface area contributed by atoms with E-state index in [0.717, 1.165) is 0 Å². The third-order valence-electron chi connectivity index (χ3n) is 1.26. The van der Waals surface area contributed by atoms with Crippen molar-refractivity contribution in [1.82, 2.24) is 0 Å². The highest BCUT2D eigenvalue weighted by atomic mass is 28.4. The molecule has 0 aliphatic heterocycles. The molecule has 4 heteroatoms. The monoisotopic (exact) mass is 202 g/mol. The number of ether oxygens (including phenoxy) is 1. The normalized spacial score (nSPS) is 13.5. The van der Waals surface area contributed by atoms with E-state index in [0.29, 0.717) is 6.61 Å². The predicted molar refractivity (Wildman–Crippen MR) is 55.0 cm³/mol. The van der Waals surface area contributed by atoms with E-state index in [2.05, 4.69) is 26.2 Å². The average Bonchev–Trinajstić information content (AvgIpc) is 1.95. The van der Waals surface area contributed by atoms with E-state index in [1.807, 2.05) is 0 Å². The molecule has 3 nitrogen and oxygen atoms in total. The van der Waals surface area contributed by atoms with Crippen LogP contribution < -0.4 is 0 Å². The van der Waals surface area contributed by atoms with E-state index >= 15 is 0 Å². The minimum Gasteiger partial charge on any atom is -0.456 e. The Kier molecular flexibility index (Phi) is 4.94. The number of carbonyl (C=O) groups is 1. The number of rotatable bonds is 5. The van der Waals surface area contributed by atoms with Crippen molar-refractivity contribution in [1.29, 1.82) is 0 Å². The zero-order valence-electron chi connectivity index (χ0n) is 8.79. The van der Waals surface area contributed by atoms with Crippen LogP contribution in [0.2, 0.25) is 19.6 Å². The molecule has 0 aliphatic carbocycles. The van der Waals surface area contributed by atoms with Gasteiger partial charge in [0.05, 0.1) is 6.61 Å². The van der Waals surface area contributed by atoms with Crippen LogP contribution in [0.1, 0.15) is 6.92 Å². The standard InChI is InChI=1S/C9H18O3Si/c1-6-9(12-8(2)10)7-11-13(3,4)5/h6,9H,1,7H2,2-5H3. The molecule has 0 spiro atoms. The van der Waals surface area contributed by atoms with Gasteiger partial charge in [0.15, 0.2) is 8.32 Å². The Hall–Kier alpha value is -0.613. The minimum absolute atomic E-state index is 0.302. The minimum atomic E-state index is -1.53. The van der Waals surface area contributed by atoms with Gasteiger partial charge >= 0.3 is 5.97 Å². The molecule has 1 unspecified atom stereocenters. The molecule has 0 heterocycles. The number of carbonyl (C=O) groups excluding carboxylic acids is 1. The smallest absolute Gasteiger partial charge is 0.303 e. The van der Waals surface area contributed by atoms with Crippen LogP contribution in [0.4, 0.5) is 0 Å². The zero-order chi connectivity index (χ0) is 10.5. The van der Waals surface area contributed by atoms with Gasteiger partial charge < -0.3 is 9.16 Å². The summed E-state index contributed by atoms with van der Waals surface area (Å²) in [4.78, 5) is 10.6. The molecule has 0 amide bonds. The summed E-state index contributed by atoms with van der Waals surface area (Å²) < 4.78 is 10.5. The first-order chi connectivity index (χ1) is 5.85. The lowest BCUT2D eigenvalue weighted by molar-refractivity contribution is -0.145. The van der Waals surface area contributed by atoms with Gasteiger partial charge in [-0.15, -0.1) is 0 Å². The van der Waals surface area contributed by atoms with Gasteiger partial charge in [-0.2, -0.15) is 0 Å². The Labute approximate surface area is 80.9 Å². The van der Waals surface area contributed by atoms with E-state index in [1.165, 1.54) is 6.92 Å². The Morgan fingerprint density at radius 1 is 1.54 bits per heavy atom. The Bertz CT molecular complexity index is 184. The van der Waals surface area contributed by atoms with Gasteiger partial charge in [0.2, 0.25) is 0 Å². The highest BCUT2D eigenvalue weighted by Crippen LogP contribution is 2.05. The third kappa shape index (κ3) is 7.74. The van der Waals surface area contributed by atoms with Crippen LogP contribution in [0.15, 0.2) is 12.7 Å². The van der Waals surface area contributed by atoms with Gasteiger partial charge in [-0.05, 0) is 25.7 Å². The number of hydrogen-bond acceptors (Lipinski definition) is 3. The van der Waals surface area contributed by atoms with Crippen molar-refractivity contribution in [3.8, 4) is 0 Å². The SMILES string of the molecule is C=CC(CO[Si](C)(C)C)OC(C)=O. The molecule has 13 heavy (non-hydrogen) atoms. The number of hydrogen-bond donors (Lipinski definition) is 0. The second kappa shape index (κ2) is 5.19. The van der Waals surface area contributed by atoms with Crippen LogP contribution in [-0.4, -0.2) is 27.0 Å². The molecule has 0 aliphatic rings. The summed E-state index contributed by atoms with van der Waals surface area (Å²) in [5.74, 6) is -0.302. The van der Waals surface area contributed by atoms with Crippen molar-refractivity contribution >= 4 is 14.3 Å². The van der Waals surface area contributed by atoms with Crippen LogP contribution in [0.25, 0.3) is 0 Å². The first-order valence-corrected chi connectivity index (χ1v) is 7.69. The van der Waals surface area contributed by atoms with Crippen LogP contribution in [0, 0.1) is 0 Å². The first kappa shape index (κ1) is 12.4. The summed E-state index contributed by atoms with van der Waals surface area (Å²) in [5.41, 5.74) is 0. The van der Waals surface area contributed by atoms with E-state index in [1.54, 1.807) is 6.08 Å².